The highest BCUT2D eigenvalue weighted by Crippen LogP contribution is 2.24. The average Bonchev–Trinajstić information content (AvgIpc) is 2.78. The lowest BCUT2D eigenvalue weighted by Gasteiger charge is -2.36. The SMILES string of the molecule is CN=C(NCCc1cccc(C(=O)N(C)C)c1)NC1CCCN(c2ccc(F)cc2C)C1.I. The third kappa shape index (κ3) is 7.58. The fourth-order valence-corrected chi connectivity index (χ4v) is 4.12. The summed E-state index contributed by atoms with van der Waals surface area (Å²) in [6, 6.07) is 13.0. The average molecular weight is 567 g/mol. The van der Waals surface area contributed by atoms with Gasteiger partial charge < -0.3 is 20.4 Å². The number of nitrogens with one attached hydrogen (secondary N) is 2. The molecule has 1 amide bonds. The molecule has 2 aromatic carbocycles. The van der Waals surface area contributed by atoms with Gasteiger partial charge in [0.2, 0.25) is 0 Å². The number of aryl methyl sites for hydroxylation is 1. The molecule has 3 rings (SSSR count). The zero-order chi connectivity index (χ0) is 23.1. The molecule has 1 aliphatic heterocycles. The predicted octanol–water partition coefficient (Wildman–Crippen LogP) is 3.83. The summed E-state index contributed by atoms with van der Waals surface area (Å²) in [5, 5.41) is 6.91. The van der Waals surface area contributed by atoms with Crippen molar-refractivity contribution in [3.8, 4) is 0 Å². The maximum absolute atomic E-state index is 13.5. The van der Waals surface area contributed by atoms with Crippen molar-refractivity contribution in [2.75, 3.05) is 45.7 Å². The topological polar surface area (TPSA) is 60.0 Å². The van der Waals surface area contributed by atoms with Gasteiger partial charge in [-0.15, -0.1) is 24.0 Å². The maximum atomic E-state index is 13.5. The first-order valence-electron chi connectivity index (χ1n) is 11.2. The highest BCUT2D eigenvalue weighted by molar-refractivity contribution is 14.0. The standard InChI is InChI=1S/C25H34FN5O.HI/c1-18-15-21(26)10-11-23(18)31-14-6-9-22(17-31)29-25(27-2)28-13-12-19-7-5-8-20(16-19)24(32)30(3)4;/h5,7-8,10-11,15-16,22H,6,9,12-14,17H2,1-4H3,(H2,27,28,29);1H. The second-order valence-corrected chi connectivity index (χ2v) is 8.51. The Kier molecular flexibility index (Phi) is 10.4. The van der Waals surface area contributed by atoms with Gasteiger partial charge in [0.05, 0.1) is 0 Å². The molecular weight excluding hydrogens is 532 g/mol. The van der Waals surface area contributed by atoms with E-state index < -0.39 is 0 Å². The number of amides is 1. The number of piperidine rings is 1. The Labute approximate surface area is 213 Å². The van der Waals surface area contributed by atoms with Crippen molar-refractivity contribution in [2.24, 2.45) is 4.99 Å². The molecule has 0 bridgehead atoms. The Morgan fingerprint density at radius 1 is 1.24 bits per heavy atom. The number of anilines is 1. The van der Waals surface area contributed by atoms with E-state index in [0.717, 1.165) is 55.1 Å². The van der Waals surface area contributed by atoms with Crippen molar-refractivity contribution in [3.05, 3.63) is 65.0 Å². The van der Waals surface area contributed by atoms with Crippen LogP contribution in [-0.2, 0) is 6.42 Å². The number of rotatable bonds is 6. The lowest BCUT2D eigenvalue weighted by Crippen LogP contribution is -2.51. The minimum absolute atomic E-state index is 0. The monoisotopic (exact) mass is 567 g/mol. The summed E-state index contributed by atoms with van der Waals surface area (Å²) in [4.78, 5) is 20.4. The van der Waals surface area contributed by atoms with Crippen LogP contribution in [0.25, 0.3) is 0 Å². The third-order valence-electron chi connectivity index (χ3n) is 5.77. The van der Waals surface area contributed by atoms with Crippen molar-refractivity contribution < 1.29 is 9.18 Å². The van der Waals surface area contributed by atoms with E-state index in [1.807, 2.05) is 37.3 Å². The van der Waals surface area contributed by atoms with Crippen LogP contribution in [0.5, 0.6) is 0 Å². The van der Waals surface area contributed by atoms with E-state index in [-0.39, 0.29) is 41.7 Å². The molecule has 0 spiro atoms. The van der Waals surface area contributed by atoms with E-state index in [2.05, 4.69) is 20.5 Å². The summed E-state index contributed by atoms with van der Waals surface area (Å²) in [5.74, 6) is 0.586. The maximum Gasteiger partial charge on any atom is 0.253 e. The molecule has 1 unspecified atom stereocenters. The van der Waals surface area contributed by atoms with Crippen LogP contribution in [0.3, 0.4) is 0 Å². The Balaban J connectivity index is 0.00000385. The van der Waals surface area contributed by atoms with Gasteiger partial charge in [-0.3, -0.25) is 9.79 Å². The molecule has 0 aromatic heterocycles. The molecule has 1 heterocycles. The highest BCUT2D eigenvalue weighted by Gasteiger charge is 2.22. The first kappa shape index (κ1) is 26.9. The molecule has 0 aliphatic carbocycles. The van der Waals surface area contributed by atoms with Gasteiger partial charge in [0.15, 0.2) is 5.96 Å². The molecule has 8 heteroatoms. The molecule has 180 valence electrons. The molecule has 1 saturated heterocycles. The van der Waals surface area contributed by atoms with Gasteiger partial charge in [0.25, 0.3) is 5.91 Å². The fraction of sp³-hybridized carbons (Fsp3) is 0.440. The molecule has 1 fully saturated rings. The summed E-state index contributed by atoms with van der Waals surface area (Å²) < 4.78 is 13.5. The summed E-state index contributed by atoms with van der Waals surface area (Å²) >= 11 is 0. The molecule has 1 atom stereocenters. The van der Waals surface area contributed by atoms with E-state index >= 15 is 0 Å². The third-order valence-corrected chi connectivity index (χ3v) is 5.77. The summed E-state index contributed by atoms with van der Waals surface area (Å²) in [7, 11) is 5.29. The predicted molar refractivity (Wildman–Crippen MR) is 144 cm³/mol. The van der Waals surface area contributed by atoms with E-state index in [4.69, 9.17) is 0 Å². The summed E-state index contributed by atoms with van der Waals surface area (Å²) in [6.45, 7) is 4.49. The van der Waals surface area contributed by atoms with Crippen LogP contribution in [0, 0.1) is 12.7 Å². The molecule has 1 aliphatic rings. The van der Waals surface area contributed by atoms with Crippen LogP contribution >= 0.6 is 24.0 Å². The van der Waals surface area contributed by atoms with E-state index in [9.17, 15) is 9.18 Å². The van der Waals surface area contributed by atoms with Gasteiger partial charge in [-0.1, -0.05) is 12.1 Å². The zero-order valence-corrected chi connectivity index (χ0v) is 22.2. The lowest BCUT2D eigenvalue weighted by molar-refractivity contribution is 0.0827. The van der Waals surface area contributed by atoms with Crippen LogP contribution in [0.2, 0.25) is 0 Å². The molecule has 33 heavy (non-hydrogen) atoms. The van der Waals surface area contributed by atoms with Crippen molar-refractivity contribution >= 4 is 41.5 Å². The molecule has 6 nitrogen and oxygen atoms in total. The van der Waals surface area contributed by atoms with Crippen molar-refractivity contribution in [2.45, 2.75) is 32.2 Å². The van der Waals surface area contributed by atoms with Gasteiger partial charge >= 0.3 is 0 Å². The van der Waals surface area contributed by atoms with Crippen molar-refractivity contribution in [1.82, 2.24) is 15.5 Å². The largest absolute Gasteiger partial charge is 0.369 e. The van der Waals surface area contributed by atoms with Crippen molar-refractivity contribution in [3.63, 3.8) is 0 Å². The molecule has 2 N–H and O–H groups in total. The lowest BCUT2D eigenvalue weighted by atomic mass is 10.0. The summed E-state index contributed by atoms with van der Waals surface area (Å²) in [6.07, 6.45) is 2.92. The Hall–Kier alpha value is -2.36. The number of guanidine groups is 1. The first-order chi connectivity index (χ1) is 15.4. The number of nitrogens with zero attached hydrogens (tertiary/aromatic N) is 3. The highest BCUT2D eigenvalue weighted by atomic mass is 127. The number of carbonyl (C=O) groups is 1. The quantitative estimate of drug-likeness (QED) is 0.317. The smallest absolute Gasteiger partial charge is 0.253 e. The molecule has 0 saturated carbocycles. The van der Waals surface area contributed by atoms with Crippen LogP contribution in [0.15, 0.2) is 47.5 Å². The van der Waals surface area contributed by atoms with Crippen LogP contribution < -0.4 is 15.5 Å². The molecule has 0 radical (unpaired) electrons. The van der Waals surface area contributed by atoms with E-state index in [1.54, 1.807) is 32.1 Å². The number of carbonyl (C=O) groups excluding carboxylic acids is 1. The Morgan fingerprint density at radius 2 is 2.03 bits per heavy atom. The first-order valence-corrected chi connectivity index (χ1v) is 11.2. The second-order valence-electron chi connectivity index (χ2n) is 8.51. The number of hydrogen-bond acceptors (Lipinski definition) is 3. The molecular formula is C25H35FIN5O. The van der Waals surface area contributed by atoms with Gasteiger partial charge in [0.1, 0.15) is 5.82 Å². The number of halogens is 2. The van der Waals surface area contributed by atoms with Gasteiger partial charge in [-0.25, -0.2) is 4.39 Å². The number of aliphatic imine (C=N–C) groups is 1. The van der Waals surface area contributed by atoms with E-state index in [1.165, 1.54) is 6.07 Å². The van der Waals surface area contributed by atoms with Crippen LogP contribution in [0.4, 0.5) is 10.1 Å². The van der Waals surface area contributed by atoms with Gasteiger partial charge in [0, 0.05) is 58.1 Å². The minimum atomic E-state index is -0.195. The number of benzene rings is 2. The van der Waals surface area contributed by atoms with Crippen molar-refractivity contribution in [1.29, 1.82) is 0 Å². The zero-order valence-electron chi connectivity index (χ0n) is 19.9. The van der Waals surface area contributed by atoms with Gasteiger partial charge in [-0.05, 0) is 67.6 Å². The minimum Gasteiger partial charge on any atom is -0.369 e. The second kappa shape index (κ2) is 12.8. The number of hydrogen-bond donors (Lipinski definition) is 2. The Morgan fingerprint density at radius 3 is 2.73 bits per heavy atom. The summed E-state index contributed by atoms with van der Waals surface area (Å²) in [5.41, 5.74) is 3.86. The molecule has 2 aromatic rings. The fourth-order valence-electron chi connectivity index (χ4n) is 4.12. The van der Waals surface area contributed by atoms with Gasteiger partial charge in [-0.2, -0.15) is 0 Å². The van der Waals surface area contributed by atoms with Crippen LogP contribution in [0.1, 0.15) is 34.3 Å². The van der Waals surface area contributed by atoms with E-state index in [0.29, 0.717) is 12.1 Å². The van der Waals surface area contributed by atoms with Crippen LogP contribution in [-0.4, -0.2) is 63.6 Å². The normalized spacial score (nSPS) is 16.1. The Bertz CT molecular complexity index is 966.